The van der Waals surface area contributed by atoms with E-state index in [1.807, 2.05) is 24.3 Å². The first-order chi connectivity index (χ1) is 10.3. The molecule has 0 aliphatic carbocycles. The van der Waals surface area contributed by atoms with Crippen LogP contribution in [0.3, 0.4) is 0 Å². The number of hydrogen-bond acceptors (Lipinski definition) is 4. The third-order valence-electron chi connectivity index (χ3n) is 3.52. The average Bonchev–Trinajstić information content (AvgIpc) is 2.53. The Kier molecular flexibility index (Phi) is 6.50. The molecule has 3 N–H and O–H groups in total. The van der Waals surface area contributed by atoms with Crippen LogP contribution in [0.15, 0.2) is 24.3 Å². The molecule has 1 aromatic carbocycles. The van der Waals surface area contributed by atoms with E-state index in [1.54, 1.807) is 0 Å². The molecule has 0 saturated carbocycles. The third-order valence-corrected chi connectivity index (χ3v) is 3.52. The first kappa shape index (κ1) is 15.8. The molecular formula is C16H24N2O3. The Labute approximate surface area is 125 Å². The minimum absolute atomic E-state index is 0.0520. The van der Waals surface area contributed by atoms with Gasteiger partial charge in [-0.05, 0) is 36.5 Å². The lowest BCUT2D eigenvalue weighted by Gasteiger charge is -2.22. The van der Waals surface area contributed by atoms with Crippen molar-refractivity contribution in [2.24, 2.45) is 11.7 Å². The van der Waals surface area contributed by atoms with Gasteiger partial charge in [0, 0.05) is 19.7 Å². The molecule has 1 aromatic rings. The van der Waals surface area contributed by atoms with Gasteiger partial charge in [0.25, 0.3) is 0 Å². The van der Waals surface area contributed by atoms with Gasteiger partial charge in [-0.2, -0.15) is 0 Å². The molecule has 1 heterocycles. The number of rotatable bonds is 7. The van der Waals surface area contributed by atoms with E-state index in [4.69, 9.17) is 15.2 Å². The van der Waals surface area contributed by atoms with Gasteiger partial charge < -0.3 is 20.5 Å². The highest BCUT2D eigenvalue weighted by Gasteiger charge is 2.14. The van der Waals surface area contributed by atoms with E-state index in [-0.39, 0.29) is 5.91 Å². The Morgan fingerprint density at radius 2 is 2.19 bits per heavy atom. The van der Waals surface area contributed by atoms with Gasteiger partial charge in [-0.25, -0.2) is 0 Å². The number of hydrogen-bond donors (Lipinski definition) is 2. The number of carbonyl (C=O) groups excluding carboxylic acids is 1. The third kappa shape index (κ3) is 5.73. The lowest BCUT2D eigenvalue weighted by Crippen LogP contribution is -2.34. The second-order valence-electron chi connectivity index (χ2n) is 5.35. The number of nitrogens with two attached hydrogens (primary N) is 1. The quantitative estimate of drug-likeness (QED) is 0.789. The Bertz CT molecular complexity index is 428. The SMILES string of the molecule is NCCOc1ccc(CC(=O)NCC2CCCOC2)cc1. The van der Waals surface area contributed by atoms with E-state index in [2.05, 4.69) is 5.32 Å². The summed E-state index contributed by atoms with van der Waals surface area (Å²) in [5.74, 6) is 1.29. The van der Waals surface area contributed by atoms with E-state index in [1.165, 1.54) is 0 Å². The van der Waals surface area contributed by atoms with Gasteiger partial charge in [-0.15, -0.1) is 0 Å². The van der Waals surface area contributed by atoms with Crippen LogP contribution in [0.4, 0.5) is 0 Å². The maximum Gasteiger partial charge on any atom is 0.224 e. The maximum atomic E-state index is 11.9. The first-order valence-corrected chi connectivity index (χ1v) is 7.54. The van der Waals surface area contributed by atoms with Crippen LogP contribution in [0.1, 0.15) is 18.4 Å². The van der Waals surface area contributed by atoms with Gasteiger partial charge in [0.05, 0.1) is 13.0 Å². The molecule has 21 heavy (non-hydrogen) atoms. The Balaban J connectivity index is 1.71. The second-order valence-corrected chi connectivity index (χ2v) is 5.35. The Morgan fingerprint density at radius 3 is 2.86 bits per heavy atom. The fraction of sp³-hybridized carbons (Fsp3) is 0.562. The summed E-state index contributed by atoms with van der Waals surface area (Å²) in [4.78, 5) is 11.9. The van der Waals surface area contributed by atoms with Crippen molar-refractivity contribution in [1.82, 2.24) is 5.32 Å². The maximum absolute atomic E-state index is 11.9. The molecule has 1 amide bonds. The molecular weight excluding hydrogens is 268 g/mol. The van der Waals surface area contributed by atoms with Gasteiger partial charge >= 0.3 is 0 Å². The van der Waals surface area contributed by atoms with E-state index >= 15 is 0 Å². The van der Waals surface area contributed by atoms with Crippen molar-refractivity contribution in [3.63, 3.8) is 0 Å². The van der Waals surface area contributed by atoms with Crippen molar-refractivity contribution in [2.75, 3.05) is 32.9 Å². The van der Waals surface area contributed by atoms with Crippen LogP contribution in [0.25, 0.3) is 0 Å². The van der Waals surface area contributed by atoms with Crippen LogP contribution < -0.4 is 15.8 Å². The summed E-state index contributed by atoms with van der Waals surface area (Å²) in [6.07, 6.45) is 2.61. The molecule has 0 spiro atoms. The highest BCUT2D eigenvalue weighted by Crippen LogP contribution is 2.13. The highest BCUT2D eigenvalue weighted by atomic mass is 16.5. The summed E-state index contributed by atoms with van der Waals surface area (Å²) in [6, 6.07) is 7.56. The van der Waals surface area contributed by atoms with Gasteiger partial charge in [-0.3, -0.25) is 4.79 Å². The molecule has 1 unspecified atom stereocenters. The van der Waals surface area contributed by atoms with Crippen molar-refractivity contribution in [3.8, 4) is 5.75 Å². The van der Waals surface area contributed by atoms with E-state index in [0.717, 1.165) is 37.4 Å². The van der Waals surface area contributed by atoms with E-state index in [9.17, 15) is 4.79 Å². The summed E-state index contributed by atoms with van der Waals surface area (Å²) < 4.78 is 10.8. The minimum atomic E-state index is 0.0520. The van der Waals surface area contributed by atoms with Crippen LogP contribution in [-0.2, 0) is 16.0 Å². The van der Waals surface area contributed by atoms with Gasteiger partial charge in [0.1, 0.15) is 12.4 Å². The van der Waals surface area contributed by atoms with Gasteiger partial charge in [0.2, 0.25) is 5.91 Å². The fourth-order valence-corrected chi connectivity index (χ4v) is 2.35. The molecule has 1 fully saturated rings. The lowest BCUT2D eigenvalue weighted by atomic mass is 10.0. The summed E-state index contributed by atoms with van der Waals surface area (Å²) in [7, 11) is 0. The van der Waals surface area contributed by atoms with E-state index in [0.29, 0.717) is 32.0 Å². The lowest BCUT2D eigenvalue weighted by molar-refractivity contribution is -0.120. The number of amides is 1. The predicted molar refractivity (Wildman–Crippen MR) is 81.2 cm³/mol. The topological polar surface area (TPSA) is 73.6 Å². The summed E-state index contributed by atoms with van der Waals surface area (Å²) in [5.41, 5.74) is 6.36. The highest BCUT2D eigenvalue weighted by molar-refractivity contribution is 5.78. The van der Waals surface area contributed by atoms with Crippen LogP contribution in [0.2, 0.25) is 0 Å². The van der Waals surface area contributed by atoms with Crippen LogP contribution in [0, 0.1) is 5.92 Å². The smallest absolute Gasteiger partial charge is 0.224 e. The van der Waals surface area contributed by atoms with Crippen LogP contribution >= 0.6 is 0 Å². The fourth-order valence-electron chi connectivity index (χ4n) is 2.35. The van der Waals surface area contributed by atoms with Crippen molar-refractivity contribution in [2.45, 2.75) is 19.3 Å². The predicted octanol–water partition coefficient (Wildman–Crippen LogP) is 1.11. The zero-order valence-electron chi connectivity index (χ0n) is 12.3. The summed E-state index contributed by atoms with van der Waals surface area (Å²) in [5, 5.41) is 2.98. The van der Waals surface area contributed by atoms with Gasteiger partial charge in [0.15, 0.2) is 0 Å². The van der Waals surface area contributed by atoms with Crippen molar-refractivity contribution in [3.05, 3.63) is 29.8 Å². The molecule has 1 aliphatic rings. The second kappa shape index (κ2) is 8.64. The average molecular weight is 292 g/mol. The summed E-state index contributed by atoms with van der Waals surface area (Å²) in [6.45, 7) is 3.31. The molecule has 0 bridgehead atoms. The Hall–Kier alpha value is -1.59. The molecule has 1 saturated heterocycles. The molecule has 0 aromatic heterocycles. The molecule has 5 nitrogen and oxygen atoms in total. The van der Waals surface area contributed by atoms with Crippen molar-refractivity contribution in [1.29, 1.82) is 0 Å². The van der Waals surface area contributed by atoms with Crippen molar-refractivity contribution >= 4 is 5.91 Å². The minimum Gasteiger partial charge on any atom is -0.492 e. The standard InChI is InChI=1S/C16H24N2O3/c17-7-9-21-15-5-3-13(4-6-15)10-16(19)18-11-14-2-1-8-20-12-14/h3-6,14H,1-2,7-12,17H2,(H,18,19). The number of benzene rings is 1. The molecule has 1 atom stereocenters. The molecule has 0 radical (unpaired) electrons. The largest absolute Gasteiger partial charge is 0.492 e. The number of carbonyl (C=O) groups is 1. The normalized spacial score (nSPS) is 18.2. The van der Waals surface area contributed by atoms with Crippen molar-refractivity contribution < 1.29 is 14.3 Å². The zero-order chi connectivity index (χ0) is 14.9. The molecule has 1 aliphatic heterocycles. The molecule has 116 valence electrons. The number of ether oxygens (including phenoxy) is 2. The van der Waals surface area contributed by atoms with Crippen LogP contribution in [0.5, 0.6) is 5.75 Å². The van der Waals surface area contributed by atoms with Gasteiger partial charge in [-0.1, -0.05) is 12.1 Å². The van der Waals surface area contributed by atoms with E-state index < -0.39 is 0 Å². The zero-order valence-corrected chi connectivity index (χ0v) is 12.3. The molecule has 2 rings (SSSR count). The monoisotopic (exact) mass is 292 g/mol. The van der Waals surface area contributed by atoms with Crippen LogP contribution in [-0.4, -0.2) is 38.8 Å². The summed E-state index contributed by atoms with van der Waals surface area (Å²) >= 11 is 0. The Morgan fingerprint density at radius 1 is 1.38 bits per heavy atom. The number of nitrogens with one attached hydrogen (secondary N) is 1. The first-order valence-electron chi connectivity index (χ1n) is 7.54. The molecule has 5 heteroatoms.